The van der Waals surface area contributed by atoms with Gasteiger partial charge in [-0.25, -0.2) is 4.98 Å². The molecule has 5 nitrogen and oxygen atoms in total. The lowest BCUT2D eigenvalue weighted by Gasteiger charge is -2.20. The predicted molar refractivity (Wildman–Crippen MR) is 94.7 cm³/mol. The average Bonchev–Trinajstić information content (AvgIpc) is 2.55. The number of hydrogen-bond donors (Lipinski definition) is 2. The quantitative estimate of drug-likeness (QED) is 0.834. The molecule has 0 saturated heterocycles. The Balaban J connectivity index is 1.89. The van der Waals surface area contributed by atoms with Crippen LogP contribution in [0, 0.1) is 6.92 Å². The fraction of sp³-hybridized carbons (Fsp3) is 0.278. The van der Waals surface area contributed by atoms with Crippen LogP contribution in [0.3, 0.4) is 0 Å². The largest absolute Gasteiger partial charge is 0.326 e. The molecule has 1 aliphatic heterocycles. The number of carbonyl (C=O) groups is 2. The highest BCUT2D eigenvalue weighted by atomic mass is 35.5. The van der Waals surface area contributed by atoms with E-state index in [0.29, 0.717) is 35.7 Å². The Hall–Kier alpha value is -2.40. The zero-order valence-electron chi connectivity index (χ0n) is 13.6. The van der Waals surface area contributed by atoms with Crippen molar-refractivity contribution >= 4 is 34.8 Å². The molecule has 0 atom stereocenters. The molecule has 0 radical (unpaired) electrons. The summed E-state index contributed by atoms with van der Waals surface area (Å²) in [5, 5.41) is 6.11. The van der Waals surface area contributed by atoms with Crippen LogP contribution in [0.15, 0.2) is 24.4 Å². The number of fused-ring (bicyclic) bond motifs is 1. The molecule has 1 aromatic heterocycles. The van der Waals surface area contributed by atoms with Crippen molar-refractivity contribution in [3.63, 3.8) is 0 Å². The Labute approximate surface area is 145 Å². The van der Waals surface area contributed by atoms with Gasteiger partial charge in [-0.15, -0.1) is 0 Å². The summed E-state index contributed by atoms with van der Waals surface area (Å²) in [6, 6.07) is 5.35. The van der Waals surface area contributed by atoms with Gasteiger partial charge in [0.05, 0.1) is 0 Å². The van der Waals surface area contributed by atoms with Crippen molar-refractivity contribution in [3.8, 4) is 0 Å². The Bertz CT molecular complexity index is 833. The smallest absolute Gasteiger partial charge is 0.256 e. The molecule has 2 N–H and O–H groups in total. The zero-order chi connectivity index (χ0) is 17.3. The molecule has 2 amide bonds. The fourth-order valence-corrected chi connectivity index (χ4v) is 3.07. The van der Waals surface area contributed by atoms with Crippen LogP contribution in [0.25, 0.3) is 0 Å². The third-order valence-corrected chi connectivity index (χ3v) is 4.35. The average molecular weight is 344 g/mol. The van der Waals surface area contributed by atoms with Crippen molar-refractivity contribution < 1.29 is 9.59 Å². The van der Waals surface area contributed by atoms with Crippen molar-refractivity contribution in [2.45, 2.75) is 33.1 Å². The van der Waals surface area contributed by atoms with Crippen LogP contribution in [0.5, 0.6) is 0 Å². The molecule has 6 heteroatoms. The first-order chi connectivity index (χ1) is 11.5. The summed E-state index contributed by atoms with van der Waals surface area (Å²) in [4.78, 5) is 28.2. The molecule has 0 unspecified atom stereocenters. The van der Waals surface area contributed by atoms with E-state index in [4.69, 9.17) is 11.6 Å². The summed E-state index contributed by atoms with van der Waals surface area (Å²) in [6.07, 6.45) is 3.46. The summed E-state index contributed by atoms with van der Waals surface area (Å²) in [7, 11) is 0. The van der Waals surface area contributed by atoms with Crippen molar-refractivity contribution in [3.05, 3.63) is 51.8 Å². The number of nitrogens with one attached hydrogen (secondary N) is 2. The van der Waals surface area contributed by atoms with E-state index in [1.165, 1.54) is 0 Å². The molecule has 2 heterocycles. The number of halogens is 1. The summed E-state index contributed by atoms with van der Waals surface area (Å²) in [6.45, 7) is 3.88. The standard InChI is InChI=1S/C18H18ClN3O2/c1-3-11-9-20-15(19)8-14(11)18(24)21-13-6-10(2)17-12(7-13)4-5-16(23)22-17/h6-9H,3-5H2,1-2H3,(H,21,24)(H,22,23). The minimum Gasteiger partial charge on any atom is -0.326 e. The number of anilines is 2. The van der Waals surface area contributed by atoms with Crippen LogP contribution in [-0.4, -0.2) is 16.8 Å². The first kappa shape index (κ1) is 16.5. The second kappa shape index (κ2) is 6.61. The van der Waals surface area contributed by atoms with Crippen LogP contribution < -0.4 is 10.6 Å². The lowest BCUT2D eigenvalue weighted by Crippen LogP contribution is -2.21. The predicted octanol–water partition coefficient (Wildman–Crippen LogP) is 3.74. The second-order valence-corrected chi connectivity index (χ2v) is 6.23. The maximum absolute atomic E-state index is 12.6. The monoisotopic (exact) mass is 343 g/mol. The summed E-state index contributed by atoms with van der Waals surface area (Å²) in [5.41, 5.74) is 4.90. The number of hydrogen-bond acceptors (Lipinski definition) is 3. The Morgan fingerprint density at radius 1 is 1.33 bits per heavy atom. The van der Waals surface area contributed by atoms with Crippen LogP contribution in [0.2, 0.25) is 5.15 Å². The summed E-state index contributed by atoms with van der Waals surface area (Å²) < 4.78 is 0. The van der Waals surface area contributed by atoms with Crippen molar-refractivity contribution in [1.29, 1.82) is 0 Å². The number of nitrogens with zero attached hydrogens (tertiary/aromatic N) is 1. The SMILES string of the molecule is CCc1cnc(Cl)cc1C(=O)Nc1cc(C)c2c(c1)CCC(=O)N2. The molecule has 0 saturated carbocycles. The van der Waals surface area contributed by atoms with Gasteiger partial charge in [0, 0.05) is 29.6 Å². The number of amides is 2. The van der Waals surface area contributed by atoms with Gasteiger partial charge in [-0.2, -0.15) is 0 Å². The number of aromatic nitrogens is 1. The Morgan fingerprint density at radius 3 is 2.88 bits per heavy atom. The topological polar surface area (TPSA) is 71.1 Å². The highest BCUT2D eigenvalue weighted by Gasteiger charge is 2.19. The molecular weight excluding hydrogens is 326 g/mol. The lowest BCUT2D eigenvalue weighted by atomic mass is 9.98. The Morgan fingerprint density at radius 2 is 2.12 bits per heavy atom. The van der Waals surface area contributed by atoms with Crippen LogP contribution in [-0.2, 0) is 17.6 Å². The molecular formula is C18H18ClN3O2. The molecule has 1 aliphatic rings. The fourth-order valence-electron chi connectivity index (χ4n) is 2.91. The van der Waals surface area contributed by atoms with E-state index in [-0.39, 0.29) is 11.8 Å². The number of benzene rings is 1. The maximum Gasteiger partial charge on any atom is 0.256 e. The molecule has 2 aromatic rings. The van der Waals surface area contributed by atoms with Crippen molar-refractivity contribution in [2.75, 3.05) is 10.6 Å². The van der Waals surface area contributed by atoms with Crippen molar-refractivity contribution in [2.24, 2.45) is 0 Å². The van der Waals surface area contributed by atoms with Gasteiger partial charge in [0.15, 0.2) is 0 Å². The number of aryl methyl sites for hydroxylation is 3. The number of carbonyl (C=O) groups excluding carboxylic acids is 2. The number of rotatable bonds is 3. The van der Waals surface area contributed by atoms with E-state index >= 15 is 0 Å². The van der Waals surface area contributed by atoms with Gasteiger partial charge < -0.3 is 10.6 Å². The third-order valence-electron chi connectivity index (χ3n) is 4.14. The maximum atomic E-state index is 12.6. The van der Waals surface area contributed by atoms with Gasteiger partial charge in [0.2, 0.25) is 5.91 Å². The van der Waals surface area contributed by atoms with E-state index in [9.17, 15) is 9.59 Å². The lowest BCUT2D eigenvalue weighted by molar-refractivity contribution is -0.116. The second-order valence-electron chi connectivity index (χ2n) is 5.85. The minimum absolute atomic E-state index is 0.0291. The van der Waals surface area contributed by atoms with Gasteiger partial charge in [0.25, 0.3) is 5.91 Å². The van der Waals surface area contributed by atoms with E-state index in [1.807, 2.05) is 26.0 Å². The molecule has 1 aromatic carbocycles. The van der Waals surface area contributed by atoms with E-state index in [2.05, 4.69) is 15.6 Å². The van der Waals surface area contributed by atoms with E-state index < -0.39 is 0 Å². The van der Waals surface area contributed by atoms with Gasteiger partial charge >= 0.3 is 0 Å². The van der Waals surface area contributed by atoms with Crippen LogP contribution >= 0.6 is 11.6 Å². The summed E-state index contributed by atoms with van der Waals surface area (Å²) in [5.74, 6) is -0.184. The first-order valence-electron chi connectivity index (χ1n) is 7.87. The van der Waals surface area contributed by atoms with Gasteiger partial charge in [-0.05, 0) is 54.7 Å². The van der Waals surface area contributed by atoms with Crippen LogP contribution in [0.4, 0.5) is 11.4 Å². The molecule has 0 spiro atoms. The summed E-state index contributed by atoms with van der Waals surface area (Å²) >= 11 is 5.92. The highest BCUT2D eigenvalue weighted by Crippen LogP contribution is 2.30. The van der Waals surface area contributed by atoms with Crippen molar-refractivity contribution in [1.82, 2.24) is 4.98 Å². The van der Waals surface area contributed by atoms with E-state index in [1.54, 1.807) is 12.3 Å². The molecule has 124 valence electrons. The molecule has 0 aliphatic carbocycles. The molecule has 24 heavy (non-hydrogen) atoms. The molecule has 0 fully saturated rings. The minimum atomic E-state index is -0.213. The third kappa shape index (κ3) is 3.26. The van der Waals surface area contributed by atoms with E-state index in [0.717, 1.165) is 22.4 Å². The highest BCUT2D eigenvalue weighted by molar-refractivity contribution is 6.29. The van der Waals surface area contributed by atoms with Gasteiger partial charge in [-0.3, -0.25) is 9.59 Å². The van der Waals surface area contributed by atoms with Crippen LogP contribution in [0.1, 0.15) is 40.4 Å². The Kier molecular flexibility index (Phi) is 4.53. The molecule has 0 bridgehead atoms. The zero-order valence-corrected chi connectivity index (χ0v) is 14.3. The molecule has 3 rings (SSSR count). The number of pyridine rings is 1. The normalized spacial score (nSPS) is 13.2. The van der Waals surface area contributed by atoms with Gasteiger partial charge in [-0.1, -0.05) is 18.5 Å². The van der Waals surface area contributed by atoms with Gasteiger partial charge in [0.1, 0.15) is 5.15 Å². The first-order valence-corrected chi connectivity index (χ1v) is 8.25.